The van der Waals surface area contributed by atoms with E-state index < -0.39 is 29.1 Å². The quantitative estimate of drug-likeness (QED) is 0.652. The topological polar surface area (TPSA) is 91.8 Å². The zero-order valence-corrected chi connectivity index (χ0v) is 11.0. The number of hydrogen-bond donors (Lipinski definition) is 1. The van der Waals surface area contributed by atoms with Gasteiger partial charge in [-0.3, -0.25) is 24.1 Å². The van der Waals surface area contributed by atoms with Gasteiger partial charge in [-0.2, -0.15) is 0 Å². The fraction of sp³-hybridized carbons (Fsp3) is 0.231. The number of carboxylic acid groups (broad SMARTS) is 1. The third-order valence-electron chi connectivity index (χ3n) is 3.03. The Morgan fingerprint density at radius 3 is 2.05 bits per heavy atom. The lowest BCUT2D eigenvalue weighted by atomic mass is 10.1. The van der Waals surface area contributed by atoms with Gasteiger partial charge in [-0.25, -0.2) is 0 Å². The number of fused-ring (bicyclic) bond motifs is 1. The van der Waals surface area contributed by atoms with Crippen LogP contribution in [-0.2, 0) is 9.59 Å². The molecule has 20 heavy (non-hydrogen) atoms. The van der Waals surface area contributed by atoms with Crippen molar-refractivity contribution >= 4 is 34.6 Å². The first-order chi connectivity index (χ1) is 9.43. The number of nitrogens with zero attached hydrogens (tertiary/aromatic N) is 1. The van der Waals surface area contributed by atoms with E-state index in [0.29, 0.717) is 0 Å². The minimum atomic E-state index is -1.26. The average Bonchev–Trinajstić information content (AvgIpc) is 2.64. The molecular formula is C13H10ClNO5. The summed E-state index contributed by atoms with van der Waals surface area (Å²) in [7, 11) is 0. The highest BCUT2D eigenvalue weighted by atomic mass is 35.5. The summed E-state index contributed by atoms with van der Waals surface area (Å²) in [6.07, 6.45) is -0.570. The first-order valence-electron chi connectivity index (χ1n) is 5.81. The molecule has 0 spiro atoms. The van der Waals surface area contributed by atoms with Crippen LogP contribution in [0.25, 0.3) is 0 Å². The number of carbonyl (C=O) groups excluding carboxylic acids is 3. The molecule has 1 heterocycles. The third kappa shape index (κ3) is 2.42. The van der Waals surface area contributed by atoms with Gasteiger partial charge in [-0.15, -0.1) is 0 Å². The van der Waals surface area contributed by atoms with Crippen LogP contribution in [-0.4, -0.2) is 39.1 Å². The number of hydrogen-bond acceptors (Lipinski definition) is 4. The van der Waals surface area contributed by atoms with Crippen molar-refractivity contribution < 1.29 is 24.3 Å². The minimum absolute atomic E-state index is 0.191. The standard InChI is InChI=1S/C13H10ClNO5/c14-11(18)9(5-6-10(16)17)15-12(19)7-3-1-2-4-8(7)13(15)20/h1-4,9H,5-6H2,(H,16,17). The molecule has 1 aliphatic heterocycles. The number of amides is 2. The Morgan fingerprint density at radius 1 is 1.15 bits per heavy atom. The fourth-order valence-electron chi connectivity index (χ4n) is 2.10. The lowest BCUT2D eigenvalue weighted by molar-refractivity contribution is -0.137. The zero-order valence-electron chi connectivity index (χ0n) is 10.2. The van der Waals surface area contributed by atoms with Crippen molar-refractivity contribution in [3.05, 3.63) is 35.4 Å². The molecule has 1 unspecified atom stereocenters. The zero-order chi connectivity index (χ0) is 14.9. The van der Waals surface area contributed by atoms with E-state index in [-0.39, 0.29) is 24.0 Å². The van der Waals surface area contributed by atoms with Gasteiger partial charge >= 0.3 is 5.97 Å². The lowest BCUT2D eigenvalue weighted by Gasteiger charge is -2.22. The molecule has 2 amide bonds. The van der Waals surface area contributed by atoms with Gasteiger partial charge in [0.05, 0.1) is 11.1 Å². The molecule has 0 bridgehead atoms. The summed E-state index contributed by atoms with van der Waals surface area (Å²) >= 11 is 5.40. The minimum Gasteiger partial charge on any atom is -0.481 e. The predicted octanol–water partition coefficient (Wildman–Crippen LogP) is 1.28. The Balaban J connectivity index is 2.32. The van der Waals surface area contributed by atoms with E-state index in [1.165, 1.54) is 12.1 Å². The fourth-order valence-corrected chi connectivity index (χ4v) is 2.30. The predicted molar refractivity (Wildman–Crippen MR) is 68.5 cm³/mol. The number of aliphatic carboxylic acids is 1. The smallest absolute Gasteiger partial charge is 0.303 e. The van der Waals surface area contributed by atoms with Gasteiger partial charge in [0.25, 0.3) is 11.8 Å². The third-order valence-corrected chi connectivity index (χ3v) is 3.28. The van der Waals surface area contributed by atoms with E-state index in [4.69, 9.17) is 16.7 Å². The van der Waals surface area contributed by atoms with Crippen molar-refractivity contribution in [3.63, 3.8) is 0 Å². The summed E-state index contributed by atoms with van der Waals surface area (Å²) in [4.78, 5) is 47.0. The van der Waals surface area contributed by atoms with Gasteiger partial charge in [0.15, 0.2) is 0 Å². The SMILES string of the molecule is O=C(O)CCC(C(=O)Cl)N1C(=O)c2ccccc2C1=O. The number of halogens is 1. The maximum absolute atomic E-state index is 12.1. The second-order valence-electron chi connectivity index (χ2n) is 4.28. The molecular weight excluding hydrogens is 286 g/mol. The second-order valence-corrected chi connectivity index (χ2v) is 4.65. The van der Waals surface area contributed by atoms with Crippen molar-refractivity contribution in [2.45, 2.75) is 18.9 Å². The molecule has 6 nitrogen and oxygen atoms in total. The summed E-state index contributed by atoms with van der Waals surface area (Å²) in [6.45, 7) is 0. The van der Waals surface area contributed by atoms with E-state index in [1.807, 2.05) is 0 Å². The molecule has 1 aliphatic rings. The second kappa shape index (κ2) is 5.42. The number of carboxylic acids is 1. The van der Waals surface area contributed by atoms with Crippen LogP contribution < -0.4 is 0 Å². The average molecular weight is 296 g/mol. The van der Waals surface area contributed by atoms with E-state index in [1.54, 1.807) is 12.1 Å². The first-order valence-corrected chi connectivity index (χ1v) is 6.19. The molecule has 7 heteroatoms. The Bertz CT molecular complexity index is 578. The van der Waals surface area contributed by atoms with Crippen molar-refractivity contribution in [2.75, 3.05) is 0 Å². The lowest BCUT2D eigenvalue weighted by Crippen LogP contribution is -2.43. The molecule has 2 rings (SSSR count). The summed E-state index contributed by atoms with van der Waals surface area (Å²) in [6, 6.07) is 4.88. The molecule has 0 saturated carbocycles. The molecule has 0 fully saturated rings. The van der Waals surface area contributed by atoms with Crippen molar-refractivity contribution in [2.24, 2.45) is 0 Å². The number of imide groups is 1. The largest absolute Gasteiger partial charge is 0.481 e. The Kier molecular flexibility index (Phi) is 3.85. The number of carbonyl (C=O) groups is 4. The molecule has 1 atom stereocenters. The number of benzene rings is 1. The van der Waals surface area contributed by atoms with Gasteiger partial charge in [0.1, 0.15) is 6.04 Å². The van der Waals surface area contributed by atoms with Gasteiger partial charge in [0.2, 0.25) is 5.24 Å². The van der Waals surface area contributed by atoms with Crippen LogP contribution in [0.1, 0.15) is 33.6 Å². The maximum Gasteiger partial charge on any atom is 0.303 e. The van der Waals surface area contributed by atoms with Crippen molar-refractivity contribution in [1.29, 1.82) is 0 Å². The molecule has 1 aromatic rings. The van der Waals surface area contributed by atoms with Gasteiger partial charge in [0, 0.05) is 6.42 Å². The van der Waals surface area contributed by atoms with E-state index in [9.17, 15) is 19.2 Å². The Morgan fingerprint density at radius 2 is 1.65 bits per heavy atom. The van der Waals surface area contributed by atoms with Gasteiger partial charge in [-0.05, 0) is 30.2 Å². The molecule has 0 aliphatic carbocycles. The summed E-state index contributed by atoms with van der Waals surface area (Å²) in [5, 5.41) is 7.72. The highest BCUT2D eigenvalue weighted by molar-refractivity contribution is 6.65. The summed E-state index contributed by atoms with van der Waals surface area (Å²) < 4.78 is 0. The van der Waals surface area contributed by atoms with Gasteiger partial charge < -0.3 is 5.11 Å². The van der Waals surface area contributed by atoms with Crippen LogP contribution in [0.2, 0.25) is 0 Å². The Labute approximate surface area is 118 Å². The molecule has 0 aromatic heterocycles. The van der Waals surface area contributed by atoms with E-state index >= 15 is 0 Å². The van der Waals surface area contributed by atoms with Crippen LogP contribution in [0.15, 0.2) is 24.3 Å². The van der Waals surface area contributed by atoms with E-state index in [0.717, 1.165) is 4.90 Å². The summed E-state index contributed by atoms with van der Waals surface area (Å²) in [5.74, 6) is -2.39. The van der Waals surface area contributed by atoms with Crippen LogP contribution in [0.5, 0.6) is 0 Å². The maximum atomic E-state index is 12.1. The van der Waals surface area contributed by atoms with Crippen LogP contribution in [0, 0.1) is 0 Å². The molecule has 1 N–H and O–H groups in total. The number of rotatable bonds is 5. The van der Waals surface area contributed by atoms with Crippen LogP contribution >= 0.6 is 11.6 Å². The monoisotopic (exact) mass is 295 g/mol. The molecule has 1 aromatic carbocycles. The van der Waals surface area contributed by atoms with Crippen molar-refractivity contribution in [3.8, 4) is 0 Å². The molecule has 104 valence electrons. The van der Waals surface area contributed by atoms with Crippen LogP contribution in [0.3, 0.4) is 0 Å². The van der Waals surface area contributed by atoms with E-state index in [2.05, 4.69) is 0 Å². The van der Waals surface area contributed by atoms with Gasteiger partial charge in [-0.1, -0.05) is 12.1 Å². The van der Waals surface area contributed by atoms with Crippen molar-refractivity contribution in [1.82, 2.24) is 4.90 Å². The normalized spacial score (nSPS) is 15.2. The molecule has 0 radical (unpaired) electrons. The summed E-state index contributed by atoms with van der Waals surface area (Å²) in [5.41, 5.74) is 0.381. The van der Waals surface area contributed by atoms with Crippen LogP contribution in [0.4, 0.5) is 0 Å². The molecule has 0 saturated heterocycles. The highest BCUT2D eigenvalue weighted by Crippen LogP contribution is 2.26. The Hall–Kier alpha value is -2.21. The first kappa shape index (κ1) is 14.2. The highest BCUT2D eigenvalue weighted by Gasteiger charge is 2.42.